The second kappa shape index (κ2) is 9.12. The van der Waals surface area contributed by atoms with E-state index in [1.165, 1.54) is 0 Å². The summed E-state index contributed by atoms with van der Waals surface area (Å²) in [6.07, 6.45) is -13.6. The van der Waals surface area contributed by atoms with Crippen LogP contribution in [-0.2, 0) is 9.59 Å². The van der Waals surface area contributed by atoms with Crippen LogP contribution in [0.4, 0.5) is 83.4 Å². The van der Waals surface area contributed by atoms with Crippen molar-refractivity contribution in [2.24, 2.45) is 5.92 Å². The van der Waals surface area contributed by atoms with Crippen molar-refractivity contribution in [3.63, 3.8) is 0 Å². The summed E-state index contributed by atoms with van der Waals surface area (Å²) in [7, 11) is 0. The first-order valence-corrected chi connectivity index (χ1v) is 8.29. The van der Waals surface area contributed by atoms with Crippen LogP contribution in [0.2, 0.25) is 0 Å². The van der Waals surface area contributed by atoms with Crippen molar-refractivity contribution in [3.05, 3.63) is 0 Å². The monoisotopic (exact) mass is 600 g/mol. The molecule has 23 heteroatoms. The van der Waals surface area contributed by atoms with E-state index in [0.717, 1.165) is 0 Å². The number of aliphatic carboxylic acids is 2. The largest absolute Gasteiger partial charge is 0.481 e. The van der Waals surface area contributed by atoms with Crippen molar-refractivity contribution < 1.29 is 103 Å². The van der Waals surface area contributed by atoms with Gasteiger partial charge in [-0.05, 0) is 6.42 Å². The fraction of sp³-hybridized carbons (Fsp3) is 0.857. The summed E-state index contributed by atoms with van der Waals surface area (Å²) < 4.78 is 249. The van der Waals surface area contributed by atoms with Crippen LogP contribution in [0.3, 0.4) is 0 Å². The Kier molecular flexibility index (Phi) is 8.53. The molecule has 0 aromatic heterocycles. The van der Waals surface area contributed by atoms with Gasteiger partial charge in [-0.3, -0.25) is 9.59 Å². The first-order chi connectivity index (χ1) is 15.7. The molecule has 0 heterocycles. The highest BCUT2D eigenvalue weighted by Crippen LogP contribution is 2.65. The third kappa shape index (κ3) is 4.80. The van der Waals surface area contributed by atoms with Crippen molar-refractivity contribution in [1.29, 1.82) is 0 Å². The zero-order chi connectivity index (χ0) is 30.6. The van der Waals surface area contributed by atoms with E-state index in [9.17, 15) is 93.0 Å². The minimum absolute atomic E-state index is 2.36. The first kappa shape index (κ1) is 34.6. The van der Waals surface area contributed by atoms with Gasteiger partial charge in [0.2, 0.25) is 0 Å². The van der Waals surface area contributed by atoms with Gasteiger partial charge in [0, 0.05) is 6.42 Å². The number of hydrogen-bond acceptors (Lipinski definition) is 2. The van der Waals surface area contributed by atoms with Crippen LogP contribution >= 0.6 is 0 Å². The van der Waals surface area contributed by atoms with Gasteiger partial charge in [0.25, 0.3) is 0 Å². The van der Waals surface area contributed by atoms with E-state index in [0.29, 0.717) is 0 Å². The Morgan fingerprint density at radius 2 is 0.703 bits per heavy atom. The quantitative estimate of drug-likeness (QED) is 0.207. The maximum atomic E-state index is 13.6. The van der Waals surface area contributed by atoms with E-state index in [1.54, 1.807) is 0 Å². The molecule has 0 aliphatic heterocycles. The summed E-state index contributed by atoms with van der Waals surface area (Å²) in [6, 6.07) is 0. The second-order valence-corrected chi connectivity index (χ2v) is 6.99. The number of rotatable bonds is 12. The van der Waals surface area contributed by atoms with Gasteiger partial charge in [0.15, 0.2) is 5.92 Å². The van der Waals surface area contributed by atoms with Gasteiger partial charge in [-0.15, -0.1) is 0 Å². The molecule has 0 unspecified atom stereocenters. The lowest BCUT2D eigenvalue weighted by molar-refractivity contribution is -0.468. The minimum atomic E-state index is -9.06. The van der Waals surface area contributed by atoms with Crippen LogP contribution in [0.15, 0.2) is 0 Å². The summed E-state index contributed by atoms with van der Waals surface area (Å²) >= 11 is 0. The molecule has 0 spiro atoms. The third-order valence-corrected chi connectivity index (χ3v) is 4.52. The van der Waals surface area contributed by atoms with Crippen LogP contribution < -0.4 is 0 Å². The maximum absolute atomic E-state index is 13.6. The molecule has 0 atom stereocenters. The predicted molar refractivity (Wildman–Crippen MR) is 73.6 cm³/mol. The number of hydrogen-bond donors (Lipinski definition) is 2. The Bertz CT molecular complexity index is 860. The Morgan fingerprint density at radius 1 is 0.459 bits per heavy atom. The first-order valence-electron chi connectivity index (χ1n) is 8.29. The standard InChI is InChI=1S/C14H7F19O4/c15-6(16,2-1-3(4(34)35)5(36)37)7(17,18)8(19,20)9(21,22)10(23,24)11(25,26)12(27,28)13(29,30)14(31,32)33/h3H,1-2H2,(H,34,35)(H,36,37). The molecule has 2 N–H and O–H groups in total. The summed E-state index contributed by atoms with van der Waals surface area (Å²) in [4.78, 5) is 20.9. The van der Waals surface area contributed by atoms with Crippen molar-refractivity contribution in [2.75, 3.05) is 0 Å². The van der Waals surface area contributed by atoms with Gasteiger partial charge in [-0.1, -0.05) is 0 Å². The van der Waals surface area contributed by atoms with E-state index >= 15 is 0 Å². The Hall–Kier alpha value is -2.39. The van der Waals surface area contributed by atoms with Crippen LogP contribution in [0.25, 0.3) is 0 Å². The van der Waals surface area contributed by atoms with E-state index < -0.39 is 84.3 Å². The van der Waals surface area contributed by atoms with Crippen LogP contribution in [0.5, 0.6) is 0 Å². The van der Waals surface area contributed by atoms with Gasteiger partial charge in [0.1, 0.15) is 0 Å². The SMILES string of the molecule is O=C(O)C(CCC(F)(F)C(F)(F)C(F)(F)C(F)(F)C(F)(F)C(F)(F)C(F)(F)C(F)(F)C(F)(F)F)C(=O)O. The molecular formula is C14H7F19O4. The predicted octanol–water partition coefficient (Wildman–Crippen LogP) is 6.20. The van der Waals surface area contributed by atoms with Crippen molar-refractivity contribution in [1.82, 2.24) is 0 Å². The molecule has 0 bridgehead atoms. The van der Waals surface area contributed by atoms with Gasteiger partial charge >= 0.3 is 65.5 Å². The summed E-state index contributed by atoms with van der Waals surface area (Å²) in [5, 5.41) is 16.7. The Morgan fingerprint density at radius 3 is 0.946 bits per heavy atom. The van der Waals surface area contributed by atoms with E-state index in [-0.39, 0.29) is 0 Å². The molecule has 0 saturated carbocycles. The lowest BCUT2D eigenvalue weighted by atomic mass is 9.86. The molecule has 0 amide bonds. The fourth-order valence-corrected chi connectivity index (χ4v) is 2.23. The van der Waals surface area contributed by atoms with Crippen LogP contribution in [0.1, 0.15) is 12.8 Å². The number of carbonyl (C=O) groups is 2. The molecule has 0 radical (unpaired) electrons. The molecular weight excluding hydrogens is 593 g/mol. The maximum Gasteiger partial charge on any atom is 0.460 e. The molecule has 0 fully saturated rings. The Balaban J connectivity index is 6.75. The van der Waals surface area contributed by atoms with Gasteiger partial charge < -0.3 is 10.2 Å². The van der Waals surface area contributed by atoms with E-state index in [4.69, 9.17) is 10.2 Å². The molecule has 0 aromatic rings. The summed E-state index contributed by atoms with van der Waals surface area (Å²) in [5.41, 5.74) is 0. The number of carboxylic acids is 2. The molecule has 0 aromatic carbocycles. The molecule has 37 heavy (non-hydrogen) atoms. The van der Waals surface area contributed by atoms with Crippen molar-refractivity contribution >= 4 is 11.9 Å². The highest BCUT2D eigenvalue weighted by Gasteiger charge is 2.96. The van der Waals surface area contributed by atoms with Crippen LogP contribution in [-0.4, -0.2) is 75.7 Å². The molecule has 0 rings (SSSR count). The molecule has 4 nitrogen and oxygen atoms in total. The van der Waals surface area contributed by atoms with Crippen molar-refractivity contribution in [3.8, 4) is 0 Å². The topological polar surface area (TPSA) is 74.6 Å². The summed E-state index contributed by atoms with van der Waals surface area (Å²) in [6.45, 7) is 0. The third-order valence-electron chi connectivity index (χ3n) is 4.52. The highest BCUT2D eigenvalue weighted by atomic mass is 19.4. The lowest BCUT2D eigenvalue weighted by Gasteiger charge is -2.43. The van der Waals surface area contributed by atoms with Gasteiger partial charge in [0.05, 0.1) is 0 Å². The van der Waals surface area contributed by atoms with Crippen LogP contribution in [0, 0.1) is 5.92 Å². The number of alkyl halides is 19. The van der Waals surface area contributed by atoms with Crippen molar-refractivity contribution in [2.45, 2.75) is 66.4 Å². The lowest BCUT2D eigenvalue weighted by Crippen LogP contribution is -2.75. The van der Waals surface area contributed by atoms with E-state index in [2.05, 4.69) is 0 Å². The molecule has 0 aliphatic rings. The molecule has 0 saturated heterocycles. The fourth-order valence-electron chi connectivity index (χ4n) is 2.23. The minimum Gasteiger partial charge on any atom is -0.481 e. The molecule has 0 aliphatic carbocycles. The van der Waals surface area contributed by atoms with Gasteiger partial charge in [-0.2, -0.15) is 83.4 Å². The highest BCUT2D eigenvalue weighted by molar-refractivity contribution is 5.92. The average Bonchev–Trinajstić information content (AvgIpc) is 2.65. The van der Waals surface area contributed by atoms with Gasteiger partial charge in [-0.25, -0.2) is 0 Å². The average molecular weight is 600 g/mol. The Labute approximate surface area is 189 Å². The zero-order valence-electron chi connectivity index (χ0n) is 16.4. The van der Waals surface area contributed by atoms with E-state index in [1.807, 2.05) is 0 Å². The normalized spacial score (nSPS) is 15.8. The number of carboxylic acid groups (broad SMARTS) is 2. The zero-order valence-corrected chi connectivity index (χ0v) is 16.4. The smallest absolute Gasteiger partial charge is 0.460 e. The second-order valence-electron chi connectivity index (χ2n) is 6.99. The number of halogens is 19. The molecule has 220 valence electrons. The summed E-state index contributed by atoms with van der Waals surface area (Å²) in [5.74, 6) is -76.5.